The van der Waals surface area contributed by atoms with Gasteiger partial charge < -0.3 is 20.5 Å². The van der Waals surface area contributed by atoms with Crippen LogP contribution >= 0.6 is 12.2 Å². The molecule has 0 amide bonds. The second kappa shape index (κ2) is 7.16. The van der Waals surface area contributed by atoms with Crippen molar-refractivity contribution in [1.29, 1.82) is 0 Å². The number of aliphatic hydroxyl groups is 1. The van der Waals surface area contributed by atoms with E-state index >= 15 is 0 Å². The van der Waals surface area contributed by atoms with Gasteiger partial charge in [0.2, 0.25) is 0 Å². The van der Waals surface area contributed by atoms with Crippen LogP contribution in [0.2, 0.25) is 0 Å². The fourth-order valence-electron chi connectivity index (χ4n) is 1.24. The topological polar surface area (TPSA) is 71.6 Å². The molecule has 17 heavy (non-hydrogen) atoms. The van der Waals surface area contributed by atoms with E-state index in [1.165, 1.54) is 0 Å². The molecule has 1 aromatic heterocycles. The summed E-state index contributed by atoms with van der Waals surface area (Å²) in [7, 11) is 1.92. The second-order valence-corrected chi connectivity index (χ2v) is 3.97. The summed E-state index contributed by atoms with van der Waals surface area (Å²) in [5.41, 5.74) is 6.25. The van der Waals surface area contributed by atoms with Gasteiger partial charge in [-0.25, -0.2) is 4.98 Å². The molecule has 0 aliphatic carbocycles. The molecule has 0 saturated carbocycles. The smallest absolute Gasteiger partial charge is 0.128 e. The van der Waals surface area contributed by atoms with Crippen LogP contribution in [-0.4, -0.2) is 48.5 Å². The standard InChI is InChI=1S/C11H17N3O2S/c1-14(4-6-16-7-5-15)10-3-2-9(8-13-10)11(12)17/h2-3,8,15H,4-7H2,1H3,(H2,12,17). The first-order chi connectivity index (χ1) is 8.15. The van der Waals surface area contributed by atoms with E-state index in [9.17, 15) is 0 Å². The van der Waals surface area contributed by atoms with Crippen molar-refractivity contribution in [2.24, 2.45) is 5.73 Å². The van der Waals surface area contributed by atoms with Crippen LogP contribution in [0, 0.1) is 0 Å². The Bertz CT molecular complexity index is 356. The van der Waals surface area contributed by atoms with Crippen molar-refractivity contribution in [2.75, 3.05) is 38.3 Å². The number of nitrogens with two attached hydrogens (primary N) is 1. The molecule has 1 aromatic rings. The third-order valence-corrected chi connectivity index (χ3v) is 2.47. The number of rotatable bonds is 7. The van der Waals surface area contributed by atoms with Gasteiger partial charge in [0.1, 0.15) is 10.8 Å². The highest BCUT2D eigenvalue weighted by Gasteiger charge is 2.03. The molecule has 0 spiro atoms. The Morgan fingerprint density at radius 2 is 2.29 bits per heavy atom. The molecule has 3 N–H and O–H groups in total. The Kier molecular flexibility index (Phi) is 5.82. The number of nitrogens with zero attached hydrogens (tertiary/aromatic N) is 2. The minimum absolute atomic E-state index is 0.0462. The summed E-state index contributed by atoms with van der Waals surface area (Å²) in [4.78, 5) is 6.56. The van der Waals surface area contributed by atoms with Crippen molar-refractivity contribution in [1.82, 2.24) is 4.98 Å². The fourth-order valence-corrected chi connectivity index (χ4v) is 1.36. The summed E-state index contributed by atoms with van der Waals surface area (Å²) in [5.74, 6) is 0.831. The largest absolute Gasteiger partial charge is 0.394 e. The van der Waals surface area contributed by atoms with Gasteiger partial charge in [-0.05, 0) is 12.1 Å². The Balaban J connectivity index is 2.46. The SMILES string of the molecule is CN(CCOCCO)c1ccc(C(N)=S)cn1. The molecule has 0 saturated heterocycles. The molecular weight excluding hydrogens is 238 g/mol. The summed E-state index contributed by atoms with van der Waals surface area (Å²) in [6.45, 7) is 1.67. The van der Waals surface area contributed by atoms with Crippen molar-refractivity contribution >= 4 is 23.0 Å². The van der Waals surface area contributed by atoms with E-state index < -0.39 is 0 Å². The van der Waals surface area contributed by atoms with Gasteiger partial charge in [0, 0.05) is 25.4 Å². The number of hydrogen-bond donors (Lipinski definition) is 2. The monoisotopic (exact) mass is 255 g/mol. The maximum Gasteiger partial charge on any atom is 0.128 e. The average Bonchev–Trinajstić information content (AvgIpc) is 2.34. The molecule has 94 valence electrons. The second-order valence-electron chi connectivity index (χ2n) is 3.53. The summed E-state index contributed by atoms with van der Waals surface area (Å²) in [5, 5.41) is 8.56. The summed E-state index contributed by atoms with van der Waals surface area (Å²) in [6.07, 6.45) is 1.66. The van der Waals surface area contributed by atoms with Crippen LogP contribution in [0.15, 0.2) is 18.3 Å². The highest BCUT2D eigenvalue weighted by molar-refractivity contribution is 7.80. The quantitative estimate of drug-likeness (QED) is 0.534. The first kappa shape index (κ1) is 13.8. The van der Waals surface area contributed by atoms with Gasteiger partial charge in [-0.1, -0.05) is 12.2 Å². The Labute approximate surface area is 106 Å². The number of pyridine rings is 1. The molecule has 0 aliphatic heterocycles. The maximum atomic E-state index is 8.56. The number of likely N-dealkylation sites (N-methyl/N-ethyl adjacent to an activating group) is 1. The third-order valence-electron chi connectivity index (χ3n) is 2.23. The lowest BCUT2D eigenvalue weighted by Gasteiger charge is -2.18. The molecule has 6 heteroatoms. The molecule has 0 aromatic carbocycles. The molecule has 5 nitrogen and oxygen atoms in total. The predicted molar refractivity (Wildman–Crippen MR) is 71.3 cm³/mol. The number of aromatic nitrogens is 1. The molecule has 0 atom stereocenters. The minimum atomic E-state index is 0.0462. The zero-order valence-corrected chi connectivity index (χ0v) is 10.6. The van der Waals surface area contributed by atoms with Crippen LogP contribution in [0.4, 0.5) is 5.82 Å². The lowest BCUT2D eigenvalue weighted by Crippen LogP contribution is -2.24. The maximum absolute atomic E-state index is 8.56. The van der Waals surface area contributed by atoms with E-state index in [4.69, 9.17) is 27.8 Å². The fraction of sp³-hybridized carbons (Fsp3) is 0.455. The van der Waals surface area contributed by atoms with Crippen molar-refractivity contribution < 1.29 is 9.84 Å². The van der Waals surface area contributed by atoms with Gasteiger partial charge in [0.05, 0.1) is 19.8 Å². The van der Waals surface area contributed by atoms with Gasteiger partial charge in [-0.3, -0.25) is 0 Å². The number of anilines is 1. The van der Waals surface area contributed by atoms with Crippen LogP contribution < -0.4 is 10.6 Å². The molecule has 0 radical (unpaired) electrons. The lowest BCUT2D eigenvalue weighted by atomic mass is 10.3. The highest BCUT2D eigenvalue weighted by Crippen LogP contribution is 2.09. The number of aliphatic hydroxyl groups excluding tert-OH is 1. The third kappa shape index (κ3) is 4.64. The van der Waals surface area contributed by atoms with Gasteiger partial charge in [0.15, 0.2) is 0 Å². The van der Waals surface area contributed by atoms with E-state index in [0.29, 0.717) is 24.7 Å². The van der Waals surface area contributed by atoms with Gasteiger partial charge >= 0.3 is 0 Å². The molecule has 0 fully saturated rings. The van der Waals surface area contributed by atoms with Gasteiger partial charge in [-0.15, -0.1) is 0 Å². The van der Waals surface area contributed by atoms with Gasteiger partial charge in [-0.2, -0.15) is 0 Å². The number of ether oxygens (including phenoxy) is 1. The first-order valence-corrected chi connectivity index (χ1v) is 5.71. The zero-order chi connectivity index (χ0) is 12.7. The van der Waals surface area contributed by atoms with Crippen LogP contribution in [0.5, 0.6) is 0 Å². The first-order valence-electron chi connectivity index (χ1n) is 5.30. The predicted octanol–water partition coefficient (Wildman–Crippen LogP) is 0.161. The average molecular weight is 255 g/mol. The molecule has 0 unspecified atom stereocenters. The number of hydrogen-bond acceptors (Lipinski definition) is 5. The summed E-state index contributed by atoms with van der Waals surface area (Å²) in [6, 6.07) is 3.70. The summed E-state index contributed by atoms with van der Waals surface area (Å²) < 4.78 is 5.18. The molecule has 0 aliphatic rings. The zero-order valence-electron chi connectivity index (χ0n) is 9.80. The van der Waals surface area contributed by atoms with Crippen LogP contribution in [0.3, 0.4) is 0 Å². The van der Waals surface area contributed by atoms with Crippen molar-refractivity contribution in [3.63, 3.8) is 0 Å². The normalized spacial score (nSPS) is 10.2. The Morgan fingerprint density at radius 3 is 2.82 bits per heavy atom. The van der Waals surface area contributed by atoms with E-state index in [2.05, 4.69) is 4.98 Å². The molecule has 1 heterocycles. The van der Waals surface area contributed by atoms with Crippen LogP contribution in [0.25, 0.3) is 0 Å². The van der Waals surface area contributed by atoms with Gasteiger partial charge in [0.25, 0.3) is 0 Å². The number of thiocarbonyl (C=S) groups is 1. The van der Waals surface area contributed by atoms with E-state index in [-0.39, 0.29) is 6.61 Å². The minimum Gasteiger partial charge on any atom is -0.394 e. The molecular formula is C11H17N3O2S. The van der Waals surface area contributed by atoms with Crippen molar-refractivity contribution in [3.05, 3.63) is 23.9 Å². The van der Waals surface area contributed by atoms with Crippen molar-refractivity contribution in [2.45, 2.75) is 0 Å². The van der Waals surface area contributed by atoms with Crippen LogP contribution in [0.1, 0.15) is 5.56 Å². The molecule has 0 bridgehead atoms. The Hall–Kier alpha value is -1.24. The van der Waals surface area contributed by atoms with E-state index in [0.717, 1.165) is 11.4 Å². The summed E-state index contributed by atoms with van der Waals surface area (Å²) >= 11 is 4.85. The van der Waals surface area contributed by atoms with Crippen LogP contribution in [-0.2, 0) is 4.74 Å². The Morgan fingerprint density at radius 1 is 1.53 bits per heavy atom. The lowest BCUT2D eigenvalue weighted by molar-refractivity contribution is 0.0970. The highest BCUT2D eigenvalue weighted by atomic mass is 32.1. The van der Waals surface area contributed by atoms with Crippen molar-refractivity contribution in [3.8, 4) is 0 Å². The molecule has 1 rings (SSSR count). The van der Waals surface area contributed by atoms with E-state index in [1.807, 2.05) is 24.1 Å². The van der Waals surface area contributed by atoms with E-state index in [1.54, 1.807) is 6.20 Å².